The number of carbonyl (C=O) groups is 1. The first-order valence-corrected chi connectivity index (χ1v) is 6.25. The van der Waals surface area contributed by atoms with E-state index in [1.807, 2.05) is 0 Å². The molecule has 0 aromatic heterocycles. The topological polar surface area (TPSA) is 26.3 Å². The van der Waals surface area contributed by atoms with Gasteiger partial charge in [-0.25, -0.2) is 0 Å². The van der Waals surface area contributed by atoms with Crippen LogP contribution in [0.2, 0.25) is 0 Å². The summed E-state index contributed by atoms with van der Waals surface area (Å²) in [4.78, 5) is 11.4. The molecule has 1 saturated heterocycles. The summed E-state index contributed by atoms with van der Waals surface area (Å²) in [6.07, 6.45) is 5.20. The van der Waals surface area contributed by atoms with Crippen LogP contribution in [0.4, 0.5) is 0 Å². The third kappa shape index (κ3) is 1.91. The van der Waals surface area contributed by atoms with Gasteiger partial charge in [-0.15, -0.1) is 0 Å². The van der Waals surface area contributed by atoms with Gasteiger partial charge in [0.1, 0.15) is 5.60 Å². The first-order chi connectivity index (χ1) is 7.03. The molecule has 2 heteroatoms. The lowest BCUT2D eigenvalue weighted by molar-refractivity contribution is -0.160. The SMILES string of the molecule is CC1CCC(C(C)C)C2(CCC(=O)O2)C1. The fourth-order valence-corrected chi connectivity index (χ4v) is 3.56. The van der Waals surface area contributed by atoms with Crippen LogP contribution < -0.4 is 0 Å². The molecular formula is C13H22O2. The second kappa shape index (κ2) is 3.80. The van der Waals surface area contributed by atoms with Crippen molar-refractivity contribution in [3.05, 3.63) is 0 Å². The summed E-state index contributed by atoms with van der Waals surface area (Å²) in [5.41, 5.74) is -0.0943. The van der Waals surface area contributed by atoms with Gasteiger partial charge in [0, 0.05) is 12.3 Å². The second-order valence-electron chi connectivity index (χ2n) is 5.78. The third-order valence-corrected chi connectivity index (χ3v) is 4.21. The molecule has 2 nitrogen and oxygen atoms in total. The van der Waals surface area contributed by atoms with Gasteiger partial charge in [-0.05, 0) is 31.1 Å². The molecule has 3 unspecified atom stereocenters. The van der Waals surface area contributed by atoms with Crippen molar-refractivity contribution < 1.29 is 9.53 Å². The molecule has 2 aliphatic rings. The van der Waals surface area contributed by atoms with Crippen LogP contribution in [0.3, 0.4) is 0 Å². The normalized spacial score (nSPS) is 41.2. The molecule has 86 valence electrons. The zero-order valence-electron chi connectivity index (χ0n) is 10.1. The highest BCUT2D eigenvalue weighted by molar-refractivity contribution is 5.72. The smallest absolute Gasteiger partial charge is 0.306 e. The highest BCUT2D eigenvalue weighted by Gasteiger charge is 2.50. The number of rotatable bonds is 1. The lowest BCUT2D eigenvalue weighted by Crippen LogP contribution is -2.45. The Morgan fingerprint density at radius 2 is 2.13 bits per heavy atom. The van der Waals surface area contributed by atoms with E-state index in [0.717, 1.165) is 12.8 Å². The van der Waals surface area contributed by atoms with Gasteiger partial charge in [-0.3, -0.25) is 4.79 Å². The van der Waals surface area contributed by atoms with Crippen molar-refractivity contribution in [2.75, 3.05) is 0 Å². The van der Waals surface area contributed by atoms with Gasteiger partial charge in [-0.1, -0.05) is 27.2 Å². The number of ether oxygens (including phenoxy) is 1. The Labute approximate surface area is 92.4 Å². The zero-order valence-corrected chi connectivity index (χ0v) is 10.1. The molecule has 15 heavy (non-hydrogen) atoms. The molecule has 1 heterocycles. The molecule has 0 N–H and O–H groups in total. The van der Waals surface area contributed by atoms with E-state index in [1.54, 1.807) is 0 Å². The molecule has 1 aliphatic heterocycles. The van der Waals surface area contributed by atoms with Crippen molar-refractivity contribution in [2.24, 2.45) is 17.8 Å². The first kappa shape index (κ1) is 11.0. The van der Waals surface area contributed by atoms with E-state index < -0.39 is 0 Å². The lowest BCUT2D eigenvalue weighted by Gasteiger charge is -2.44. The van der Waals surface area contributed by atoms with Crippen molar-refractivity contribution in [1.82, 2.24) is 0 Å². The average molecular weight is 210 g/mol. The molecule has 0 radical (unpaired) electrons. The third-order valence-electron chi connectivity index (χ3n) is 4.21. The summed E-state index contributed by atoms with van der Waals surface area (Å²) in [5, 5.41) is 0. The van der Waals surface area contributed by atoms with Gasteiger partial charge in [0.2, 0.25) is 0 Å². The van der Waals surface area contributed by atoms with Crippen LogP contribution in [0.5, 0.6) is 0 Å². The van der Waals surface area contributed by atoms with Gasteiger partial charge in [0.15, 0.2) is 0 Å². The maximum atomic E-state index is 11.4. The maximum absolute atomic E-state index is 11.4. The van der Waals surface area contributed by atoms with Crippen molar-refractivity contribution in [3.8, 4) is 0 Å². The minimum Gasteiger partial charge on any atom is -0.459 e. The van der Waals surface area contributed by atoms with Crippen LogP contribution in [0.15, 0.2) is 0 Å². The Morgan fingerprint density at radius 3 is 2.67 bits per heavy atom. The zero-order chi connectivity index (χ0) is 11.1. The van der Waals surface area contributed by atoms with E-state index in [-0.39, 0.29) is 11.6 Å². The average Bonchev–Trinajstić information content (AvgIpc) is 2.47. The quantitative estimate of drug-likeness (QED) is 0.621. The minimum absolute atomic E-state index is 0.0229. The highest BCUT2D eigenvalue weighted by atomic mass is 16.6. The number of hydrogen-bond acceptors (Lipinski definition) is 2. The van der Waals surface area contributed by atoms with Crippen molar-refractivity contribution >= 4 is 5.97 Å². The van der Waals surface area contributed by atoms with Crippen LogP contribution in [0.25, 0.3) is 0 Å². The Kier molecular flexibility index (Phi) is 2.78. The molecule has 1 saturated carbocycles. The molecular weight excluding hydrogens is 188 g/mol. The monoisotopic (exact) mass is 210 g/mol. The summed E-state index contributed by atoms with van der Waals surface area (Å²) in [7, 11) is 0. The molecule has 2 fully saturated rings. The predicted octanol–water partition coefficient (Wildman–Crippen LogP) is 3.15. The Balaban J connectivity index is 2.19. The number of hydrogen-bond donors (Lipinski definition) is 0. The van der Waals surface area contributed by atoms with Gasteiger partial charge in [0.05, 0.1) is 0 Å². The van der Waals surface area contributed by atoms with Gasteiger partial charge in [0.25, 0.3) is 0 Å². The van der Waals surface area contributed by atoms with Crippen molar-refractivity contribution in [3.63, 3.8) is 0 Å². The fourth-order valence-electron chi connectivity index (χ4n) is 3.56. The molecule has 3 atom stereocenters. The predicted molar refractivity (Wildman–Crippen MR) is 59.4 cm³/mol. The lowest BCUT2D eigenvalue weighted by atomic mass is 9.66. The van der Waals surface area contributed by atoms with E-state index in [1.165, 1.54) is 12.8 Å². The summed E-state index contributed by atoms with van der Waals surface area (Å²) in [6.45, 7) is 6.80. The van der Waals surface area contributed by atoms with Gasteiger partial charge >= 0.3 is 5.97 Å². The van der Waals surface area contributed by atoms with E-state index in [9.17, 15) is 4.79 Å². The van der Waals surface area contributed by atoms with Crippen LogP contribution in [0, 0.1) is 17.8 Å². The van der Waals surface area contributed by atoms with Crippen LogP contribution >= 0.6 is 0 Å². The molecule has 0 aromatic rings. The molecule has 0 bridgehead atoms. The van der Waals surface area contributed by atoms with Crippen molar-refractivity contribution in [1.29, 1.82) is 0 Å². The van der Waals surface area contributed by atoms with Crippen LogP contribution in [-0.4, -0.2) is 11.6 Å². The van der Waals surface area contributed by atoms with Gasteiger partial charge < -0.3 is 4.74 Å². The first-order valence-electron chi connectivity index (χ1n) is 6.25. The summed E-state index contributed by atoms with van der Waals surface area (Å²) in [5.74, 6) is 1.95. The maximum Gasteiger partial charge on any atom is 0.306 e. The summed E-state index contributed by atoms with van der Waals surface area (Å²) in [6, 6.07) is 0. The minimum atomic E-state index is -0.0943. The Morgan fingerprint density at radius 1 is 1.40 bits per heavy atom. The largest absolute Gasteiger partial charge is 0.459 e. The van der Waals surface area contributed by atoms with E-state index >= 15 is 0 Å². The Hall–Kier alpha value is -0.530. The van der Waals surface area contributed by atoms with E-state index in [0.29, 0.717) is 24.2 Å². The molecule has 1 spiro atoms. The summed E-state index contributed by atoms with van der Waals surface area (Å²) < 4.78 is 5.70. The fraction of sp³-hybridized carbons (Fsp3) is 0.923. The molecule has 1 aliphatic carbocycles. The number of carbonyl (C=O) groups excluding carboxylic acids is 1. The van der Waals surface area contributed by atoms with Crippen molar-refractivity contribution in [2.45, 2.75) is 58.5 Å². The standard InChI is InChI=1S/C13H22O2/c1-9(2)11-5-4-10(3)8-13(11)7-6-12(14)15-13/h9-11H,4-8H2,1-3H3. The number of esters is 1. The highest BCUT2D eigenvalue weighted by Crippen LogP contribution is 2.48. The van der Waals surface area contributed by atoms with E-state index in [4.69, 9.17) is 4.74 Å². The Bertz CT molecular complexity index is 259. The molecule has 0 aromatic carbocycles. The van der Waals surface area contributed by atoms with Crippen LogP contribution in [0.1, 0.15) is 52.9 Å². The summed E-state index contributed by atoms with van der Waals surface area (Å²) >= 11 is 0. The molecule has 2 rings (SSSR count). The van der Waals surface area contributed by atoms with Gasteiger partial charge in [-0.2, -0.15) is 0 Å². The van der Waals surface area contributed by atoms with Crippen LogP contribution in [-0.2, 0) is 9.53 Å². The van der Waals surface area contributed by atoms with E-state index in [2.05, 4.69) is 20.8 Å². The molecule has 0 amide bonds. The second-order valence-corrected chi connectivity index (χ2v) is 5.78.